The summed E-state index contributed by atoms with van der Waals surface area (Å²) in [6.45, 7) is 5.66. The molecule has 20 heavy (non-hydrogen) atoms. The van der Waals surface area contributed by atoms with Gasteiger partial charge in [-0.1, -0.05) is 13.8 Å². The van der Waals surface area contributed by atoms with Gasteiger partial charge < -0.3 is 10.2 Å². The minimum Gasteiger partial charge on any atom is -0.316 e. The van der Waals surface area contributed by atoms with Crippen LogP contribution in [-0.2, 0) is 16.6 Å². The summed E-state index contributed by atoms with van der Waals surface area (Å²) in [6, 6.07) is 0. The zero-order valence-electron chi connectivity index (χ0n) is 12.8. The number of aromatic amines is 1. The van der Waals surface area contributed by atoms with Gasteiger partial charge in [-0.15, -0.1) is 0 Å². The highest BCUT2D eigenvalue weighted by molar-refractivity contribution is 7.89. The number of nitrogens with one attached hydrogen (secondary N) is 3. The second kappa shape index (κ2) is 6.66. The average Bonchev–Trinajstić information content (AvgIpc) is 2.75. The van der Waals surface area contributed by atoms with Gasteiger partial charge in [0.15, 0.2) is 5.03 Å². The minimum absolute atomic E-state index is 0.132. The molecule has 7 nitrogen and oxygen atoms in total. The van der Waals surface area contributed by atoms with E-state index in [0.717, 1.165) is 6.54 Å². The number of aromatic nitrogens is 2. The van der Waals surface area contributed by atoms with Crippen molar-refractivity contribution in [3.05, 3.63) is 11.8 Å². The van der Waals surface area contributed by atoms with Gasteiger partial charge in [0.2, 0.25) is 0 Å². The summed E-state index contributed by atoms with van der Waals surface area (Å²) >= 11 is 0. The van der Waals surface area contributed by atoms with E-state index in [1.165, 1.54) is 6.20 Å². The monoisotopic (exact) mass is 303 g/mol. The normalized spacial score (nSPS) is 13.1. The third-order valence-electron chi connectivity index (χ3n) is 2.80. The molecule has 0 atom stereocenters. The SMILES string of the molecule is CNCc1cn[nH]c1S(=O)(=O)NCC(C)(C)CN(C)C. The third-order valence-corrected chi connectivity index (χ3v) is 4.21. The molecule has 0 saturated carbocycles. The van der Waals surface area contributed by atoms with Crippen LogP contribution in [0.3, 0.4) is 0 Å². The maximum atomic E-state index is 12.3. The number of rotatable bonds is 8. The van der Waals surface area contributed by atoms with Gasteiger partial charge in [0.1, 0.15) is 0 Å². The van der Waals surface area contributed by atoms with Crippen LogP contribution in [0, 0.1) is 5.41 Å². The van der Waals surface area contributed by atoms with Gasteiger partial charge in [0.25, 0.3) is 10.0 Å². The summed E-state index contributed by atoms with van der Waals surface area (Å²) in [5.74, 6) is 0. The standard InChI is InChI=1S/C12H25N5O2S/c1-12(2,9-17(4)5)8-15-20(18,19)11-10(6-13-3)7-14-16-11/h7,13,15H,6,8-9H2,1-5H3,(H,14,16). The Morgan fingerprint density at radius 2 is 2.05 bits per heavy atom. The van der Waals surface area contributed by atoms with Crippen molar-refractivity contribution >= 4 is 10.0 Å². The lowest BCUT2D eigenvalue weighted by Crippen LogP contribution is -2.40. The summed E-state index contributed by atoms with van der Waals surface area (Å²) < 4.78 is 27.2. The van der Waals surface area contributed by atoms with Crippen LogP contribution < -0.4 is 10.0 Å². The molecule has 0 bridgehead atoms. The van der Waals surface area contributed by atoms with Gasteiger partial charge in [0, 0.05) is 25.2 Å². The van der Waals surface area contributed by atoms with Gasteiger partial charge >= 0.3 is 0 Å². The zero-order valence-corrected chi connectivity index (χ0v) is 13.6. The van der Waals surface area contributed by atoms with Crippen LogP contribution in [0.25, 0.3) is 0 Å². The van der Waals surface area contributed by atoms with Gasteiger partial charge in [-0.25, -0.2) is 13.1 Å². The van der Waals surface area contributed by atoms with Crippen LogP contribution in [0.2, 0.25) is 0 Å². The molecule has 0 aliphatic carbocycles. The quantitative estimate of drug-likeness (QED) is 0.629. The molecule has 0 aliphatic rings. The first-order valence-corrected chi connectivity index (χ1v) is 7.97. The van der Waals surface area contributed by atoms with E-state index >= 15 is 0 Å². The van der Waals surface area contributed by atoms with Crippen molar-refractivity contribution in [2.75, 3.05) is 34.2 Å². The van der Waals surface area contributed by atoms with E-state index in [-0.39, 0.29) is 10.4 Å². The number of hydrogen-bond acceptors (Lipinski definition) is 5. The van der Waals surface area contributed by atoms with Crippen molar-refractivity contribution in [3.8, 4) is 0 Å². The molecular formula is C12H25N5O2S. The zero-order chi connectivity index (χ0) is 15.4. The van der Waals surface area contributed by atoms with Crippen molar-refractivity contribution in [1.82, 2.24) is 25.1 Å². The van der Waals surface area contributed by atoms with Crippen molar-refractivity contribution in [2.45, 2.75) is 25.4 Å². The maximum absolute atomic E-state index is 12.3. The van der Waals surface area contributed by atoms with E-state index in [4.69, 9.17) is 0 Å². The molecule has 0 aliphatic heterocycles. The summed E-state index contributed by atoms with van der Waals surface area (Å²) in [5, 5.41) is 9.42. The van der Waals surface area contributed by atoms with Gasteiger partial charge in [-0.3, -0.25) is 5.10 Å². The predicted molar refractivity (Wildman–Crippen MR) is 78.9 cm³/mol. The first-order valence-electron chi connectivity index (χ1n) is 6.49. The van der Waals surface area contributed by atoms with Crippen molar-refractivity contribution < 1.29 is 8.42 Å². The molecule has 0 amide bonds. The lowest BCUT2D eigenvalue weighted by atomic mass is 9.93. The second-order valence-corrected chi connectivity index (χ2v) is 7.69. The van der Waals surface area contributed by atoms with E-state index in [9.17, 15) is 8.42 Å². The molecule has 8 heteroatoms. The fourth-order valence-corrected chi connectivity index (χ4v) is 3.49. The molecule has 1 rings (SSSR count). The molecule has 0 fully saturated rings. The van der Waals surface area contributed by atoms with Crippen molar-refractivity contribution in [3.63, 3.8) is 0 Å². The molecular weight excluding hydrogens is 278 g/mol. The molecule has 1 aromatic heterocycles. The number of hydrogen-bond donors (Lipinski definition) is 3. The lowest BCUT2D eigenvalue weighted by molar-refractivity contribution is 0.242. The maximum Gasteiger partial charge on any atom is 0.257 e. The summed E-state index contributed by atoms with van der Waals surface area (Å²) in [4.78, 5) is 2.04. The number of sulfonamides is 1. The highest BCUT2D eigenvalue weighted by Crippen LogP contribution is 2.17. The highest BCUT2D eigenvalue weighted by atomic mass is 32.2. The van der Waals surface area contributed by atoms with Crippen molar-refractivity contribution in [1.29, 1.82) is 0 Å². The van der Waals surface area contributed by atoms with Crippen LogP contribution in [0.15, 0.2) is 11.2 Å². The first kappa shape index (κ1) is 17.1. The predicted octanol–water partition coefficient (Wildman–Crippen LogP) is -0.00480. The minimum atomic E-state index is -3.57. The molecule has 0 saturated heterocycles. The molecule has 0 radical (unpaired) electrons. The third kappa shape index (κ3) is 4.86. The summed E-state index contributed by atoms with van der Waals surface area (Å²) in [5.41, 5.74) is 0.477. The lowest BCUT2D eigenvalue weighted by Gasteiger charge is -2.28. The van der Waals surface area contributed by atoms with E-state index < -0.39 is 10.0 Å². The number of nitrogens with zero attached hydrogens (tertiary/aromatic N) is 2. The van der Waals surface area contributed by atoms with Gasteiger partial charge in [-0.05, 0) is 26.6 Å². The topological polar surface area (TPSA) is 90.1 Å². The molecule has 1 aromatic rings. The molecule has 3 N–H and O–H groups in total. The number of H-pyrrole nitrogens is 1. The first-order chi connectivity index (χ1) is 9.18. The molecule has 0 aromatic carbocycles. The Morgan fingerprint density at radius 1 is 1.40 bits per heavy atom. The smallest absolute Gasteiger partial charge is 0.257 e. The van der Waals surface area contributed by atoms with Crippen LogP contribution in [-0.4, -0.2) is 57.7 Å². The highest BCUT2D eigenvalue weighted by Gasteiger charge is 2.25. The Kier molecular flexibility index (Phi) is 5.69. The fraction of sp³-hybridized carbons (Fsp3) is 0.750. The van der Waals surface area contributed by atoms with E-state index in [1.54, 1.807) is 7.05 Å². The summed E-state index contributed by atoms with van der Waals surface area (Å²) in [7, 11) is 2.13. The average molecular weight is 303 g/mol. The van der Waals surface area contributed by atoms with Gasteiger partial charge in [0.05, 0.1) is 6.20 Å². The Labute approximate surface area is 121 Å². The van der Waals surface area contributed by atoms with Gasteiger partial charge in [-0.2, -0.15) is 5.10 Å². The van der Waals surface area contributed by atoms with E-state index in [1.807, 2.05) is 32.8 Å². The van der Waals surface area contributed by atoms with E-state index in [0.29, 0.717) is 18.7 Å². The molecule has 116 valence electrons. The Balaban J connectivity index is 2.77. The van der Waals surface area contributed by atoms with Crippen LogP contribution in [0.5, 0.6) is 0 Å². The second-order valence-electron chi connectivity index (χ2n) is 5.98. The Hall–Kier alpha value is -0.960. The van der Waals surface area contributed by atoms with E-state index in [2.05, 4.69) is 20.2 Å². The molecule has 1 heterocycles. The molecule has 0 unspecified atom stereocenters. The van der Waals surface area contributed by atoms with Crippen LogP contribution in [0.1, 0.15) is 19.4 Å². The Morgan fingerprint density at radius 3 is 2.60 bits per heavy atom. The van der Waals surface area contributed by atoms with Crippen LogP contribution in [0.4, 0.5) is 0 Å². The summed E-state index contributed by atoms with van der Waals surface area (Å²) in [6.07, 6.45) is 1.52. The molecule has 0 spiro atoms. The Bertz CT molecular complexity index is 522. The van der Waals surface area contributed by atoms with Crippen molar-refractivity contribution in [2.24, 2.45) is 5.41 Å². The van der Waals surface area contributed by atoms with Crippen LogP contribution >= 0.6 is 0 Å². The fourth-order valence-electron chi connectivity index (χ4n) is 2.12. The largest absolute Gasteiger partial charge is 0.316 e.